The van der Waals surface area contributed by atoms with E-state index in [-0.39, 0.29) is 12.5 Å². The van der Waals surface area contributed by atoms with Crippen molar-refractivity contribution in [1.82, 2.24) is 5.32 Å². The number of halogens is 2. The third-order valence-electron chi connectivity index (χ3n) is 3.22. The van der Waals surface area contributed by atoms with Gasteiger partial charge in [0, 0.05) is 15.7 Å². The van der Waals surface area contributed by atoms with Crippen LogP contribution >= 0.6 is 23.2 Å². The SMILES string of the molecule is Cc1ccc(NC(=O)CNCCc2cccc(Cl)c2)cc1Cl. The molecule has 0 aliphatic rings. The van der Waals surface area contributed by atoms with E-state index in [1.165, 1.54) is 0 Å². The van der Waals surface area contributed by atoms with E-state index in [1.54, 1.807) is 6.07 Å². The molecular weight excluding hydrogens is 319 g/mol. The molecule has 2 N–H and O–H groups in total. The van der Waals surface area contributed by atoms with Crippen molar-refractivity contribution in [3.05, 3.63) is 63.6 Å². The molecule has 0 radical (unpaired) electrons. The summed E-state index contributed by atoms with van der Waals surface area (Å²) in [7, 11) is 0. The summed E-state index contributed by atoms with van der Waals surface area (Å²) in [6, 6.07) is 13.2. The summed E-state index contributed by atoms with van der Waals surface area (Å²) in [6.07, 6.45) is 0.824. The molecule has 5 heteroatoms. The molecule has 0 atom stereocenters. The second-order valence-electron chi connectivity index (χ2n) is 5.07. The Morgan fingerprint density at radius 1 is 1.14 bits per heavy atom. The molecular formula is C17H18Cl2N2O. The molecule has 0 unspecified atom stereocenters. The zero-order valence-electron chi connectivity index (χ0n) is 12.3. The summed E-state index contributed by atoms with van der Waals surface area (Å²) in [5.74, 6) is -0.0917. The van der Waals surface area contributed by atoms with Crippen LogP contribution < -0.4 is 10.6 Å². The average Bonchev–Trinajstić information content (AvgIpc) is 2.48. The van der Waals surface area contributed by atoms with Gasteiger partial charge in [0.05, 0.1) is 6.54 Å². The molecule has 2 aromatic carbocycles. The fraction of sp³-hybridized carbons (Fsp3) is 0.235. The summed E-state index contributed by atoms with van der Waals surface area (Å²) in [6.45, 7) is 2.89. The van der Waals surface area contributed by atoms with E-state index >= 15 is 0 Å². The van der Waals surface area contributed by atoms with Crippen LogP contribution in [0.2, 0.25) is 10.0 Å². The van der Waals surface area contributed by atoms with Crippen molar-refractivity contribution in [2.75, 3.05) is 18.4 Å². The molecule has 0 aliphatic carbocycles. The lowest BCUT2D eigenvalue weighted by Crippen LogP contribution is -2.29. The Kier molecular flexibility index (Phi) is 6.25. The van der Waals surface area contributed by atoms with E-state index in [9.17, 15) is 4.79 Å². The normalized spacial score (nSPS) is 10.5. The number of carbonyl (C=O) groups excluding carboxylic acids is 1. The largest absolute Gasteiger partial charge is 0.325 e. The molecule has 0 aromatic heterocycles. The van der Waals surface area contributed by atoms with Crippen LogP contribution in [-0.2, 0) is 11.2 Å². The lowest BCUT2D eigenvalue weighted by Gasteiger charge is -2.08. The summed E-state index contributed by atoms with van der Waals surface area (Å²) in [5, 5.41) is 7.30. The van der Waals surface area contributed by atoms with Crippen LogP contribution in [0.4, 0.5) is 5.69 Å². The van der Waals surface area contributed by atoms with E-state index in [1.807, 2.05) is 43.3 Å². The number of anilines is 1. The highest BCUT2D eigenvalue weighted by Gasteiger charge is 2.03. The molecule has 0 saturated carbocycles. The summed E-state index contributed by atoms with van der Waals surface area (Å²) in [5.41, 5.74) is 2.84. The lowest BCUT2D eigenvalue weighted by molar-refractivity contribution is -0.115. The fourth-order valence-corrected chi connectivity index (χ4v) is 2.40. The highest BCUT2D eigenvalue weighted by Crippen LogP contribution is 2.19. The third kappa shape index (κ3) is 5.34. The van der Waals surface area contributed by atoms with Gasteiger partial charge in [0.15, 0.2) is 0 Å². The first-order valence-corrected chi connectivity index (χ1v) is 7.81. The Labute approximate surface area is 140 Å². The second kappa shape index (κ2) is 8.18. The number of benzene rings is 2. The molecule has 0 fully saturated rings. The maximum Gasteiger partial charge on any atom is 0.238 e. The average molecular weight is 337 g/mol. The number of hydrogen-bond acceptors (Lipinski definition) is 2. The van der Waals surface area contributed by atoms with Crippen molar-refractivity contribution in [2.45, 2.75) is 13.3 Å². The molecule has 1 amide bonds. The zero-order chi connectivity index (χ0) is 15.9. The number of hydrogen-bond donors (Lipinski definition) is 2. The summed E-state index contributed by atoms with van der Waals surface area (Å²) in [4.78, 5) is 11.8. The van der Waals surface area contributed by atoms with Crippen LogP contribution in [0.3, 0.4) is 0 Å². The molecule has 2 aromatic rings. The van der Waals surface area contributed by atoms with Crippen molar-refractivity contribution in [1.29, 1.82) is 0 Å². The minimum Gasteiger partial charge on any atom is -0.325 e. The first-order chi connectivity index (χ1) is 10.5. The van der Waals surface area contributed by atoms with Crippen molar-refractivity contribution in [3.8, 4) is 0 Å². The van der Waals surface area contributed by atoms with Gasteiger partial charge in [-0.15, -0.1) is 0 Å². The zero-order valence-corrected chi connectivity index (χ0v) is 13.8. The maximum absolute atomic E-state index is 11.8. The molecule has 22 heavy (non-hydrogen) atoms. The number of amides is 1. The van der Waals surface area contributed by atoms with Crippen LogP contribution in [0.1, 0.15) is 11.1 Å². The number of aryl methyl sites for hydroxylation is 1. The predicted octanol–water partition coefficient (Wildman–Crippen LogP) is 4.07. The Bertz CT molecular complexity index is 659. The Balaban J connectivity index is 1.72. The standard InChI is InChI=1S/C17H18Cl2N2O/c1-12-5-6-15(10-16(12)19)21-17(22)11-20-8-7-13-3-2-4-14(18)9-13/h2-6,9-10,20H,7-8,11H2,1H3,(H,21,22). The monoisotopic (exact) mass is 336 g/mol. The summed E-state index contributed by atoms with van der Waals surface area (Å²) < 4.78 is 0. The van der Waals surface area contributed by atoms with Gasteiger partial charge in [-0.1, -0.05) is 41.4 Å². The van der Waals surface area contributed by atoms with Crippen LogP contribution in [0.5, 0.6) is 0 Å². The van der Waals surface area contributed by atoms with Crippen molar-refractivity contribution >= 4 is 34.8 Å². The van der Waals surface area contributed by atoms with Gasteiger partial charge in [-0.3, -0.25) is 4.79 Å². The van der Waals surface area contributed by atoms with Crippen LogP contribution in [0.15, 0.2) is 42.5 Å². The Hall–Kier alpha value is -1.55. The van der Waals surface area contributed by atoms with Gasteiger partial charge < -0.3 is 10.6 Å². The molecule has 3 nitrogen and oxygen atoms in total. The number of carbonyl (C=O) groups is 1. The number of nitrogens with one attached hydrogen (secondary N) is 2. The lowest BCUT2D eigenvalue weighted by atomic mass is 10.1. The quantitative estimate of drug-likeness (QED) is 0.780. The molecule has 0 heterocycles. The fourth-order valence-electron chi connectivity index (χ4n) is 2.00. The molecule has 116 valence electrons. The minimum atomic E-state index is -0.0917. The van der Waals surface area contributed by atoms with Gasteiger partial charge >= 0.3 is 0 Å². The van der Waals surface area contributed by atoms with Gasteiger partial charge in [0.25, 0.3) is 0 Å². The Morgan fingerprint density at radius 2 is 1.95 bits per heavy atom. The first kappa shape index (κ1) is 16.8. The van der Waals surface area contributed by atoms with E-state index in [0.717, 1.165) is 22.6 Å². The first-order valence-electron chi connectivity index (χ1n) is 7.06. The predicted molar refractivity (Wildman–Crippen MR) is 92.8 cm³/mol. The van der Waals surface area contributed by atoms with Gasteiger partial charge in [0.1, 0.15) is 0 Å². The topological polar surface area (TPSA) is 41.1 Å². The van der Waals surface area contributed by atoms with E-state index in [2.05, 4.69) is 10.6 Å². The van der Waals surface area contributed by atoms with E-state index in [4.69, 9.17) is 23.2 Å². The smallest absolute Gasteiger partial charge is 0.238 e. The summed E-state index contributed by atoms with van der Waals surface area (Å²) >= 11 is 12.0. The van der Waals surface area contributed by atoms with E-state index in [0.29, 0.717) is 17.3 Å². The highest BCUT2D eigenvalue weighted by atomic mass is 35.5. The molecule has 0 saturated heterocycles. The third-order valence-corrected chi connectivity index (χ3v) is 3.86. The second-order valence-corrected chi connectivity index (χ2v) is 5.91. The van der Waals surface area contributed by atoms with Crippen molar-refractivity contribution in [2.24, 2.45) is 0 Å². The van der Waals surface area contributed by atoms with Gasteiger partial charge in [0.2, 0.25) is 5.91 Å². The van der Waals surface area contributed by atoms with E-state index < -0.39 is 0 Å². The molecule has 2 rings (SSSR count). The van der Waals surface area contributed by atoms with Gasteiger partial charge in [-0.2, -0.15) is 0 Å². The maximum atomic E-state index is 11.8. The minimum absolute atomic E-state index is 0.0917. The van der Waals surface area contributed by atoms with Gasteiger partial charge in [-0.05, 0) is 55.3 Å². The number of rotatable bonds is 6. The van der Waals surface area contributed by atoms with Crippen molar-refractivity contribution in [3.63, 3.8) is 0 Å². The molecule has 0 spiro atoms. The molecule has 0 aliphatic heterocycles. The van der Waals surface area contributed by atoms with Crippen LogP contribution in [-0.4, -0.2) is 19.0 Å². The molecule has 0 bridgehead atoms. The van der Waals surface area contributed by atoms with Crippen molar-refractivity contribution < 1.29 is 4.79 Å². The van der Waals surface area contributed by atoms with Gasteiger partial charge in [-0.25, -0.2) is 0 Å². The van der Waals surface area contributed by atoms with Crippen LogP contribution in [0, 0.1) is 6.92 Å². The highest BCUT2D eigenvalue weighted by molar-refractivity contribution is 6.31. The Morgan fingerprint density at radius 3 is 2.68 bits per heavy atom. The van der Waals surface area contributed by atoms with Crippen LogP contribution in [0.25, 0.3) is 0 Å².